The molecule has 30 heavy (non-hydrogen) atoms. The van der Waals surface area contributed by atoms with Crippen molar-refractivity contribution in [1.29, 1.82) is 0 Å². The molecule has 4 heterocycles. The molecule has 8 nitrogen and oxygen atoms in total. The standard InChI is InChI=1S/C20H22F2N8/c1-11-26-19-16(29(11)10-18(21)22)5-12(8-24-19)15-3-4-30-17(15)9-25-20(28-30)27-14-6-13(7-14)23-2/h3-5,8-9,13-14,18,23H,6-7,10H2,1-2H3,(H,27,28)/t13-,14+. The molecule has 156 valence electrons. The van der Waals surface area contributed by atoms with Crippen molar-refractivity contribution in [1.82, 2.24) is 34.4 Å². The first-order chi connectivity index (χ1) is 14.5. The summed E-state index contributed by atoms with van der Waals surface area (Å²) >= 11 is 0. The number of fused-ring (bicyclic) bond motifs is 2. The van der Waals surface area contributed by atoms with Crippen LogP contribution in [0.5, 0.6) is 0 Å². The summed E-state index contributed by atoms with van der Waals surface area (Å²) in [7, 11) is 1.97. The predicted octanol–water partition coefficient (Wildman–Crippen LogP) is 2.88. The average molecular weight is 412 g/mol. The highest BCUT2D eigenvalue weighted by Crippen LogP contribution is 2.28. The van der Waals surface area contributed by atoms with E-state index in [4.69, 9.17) is 0 Å². The third kappa shape index (κ3) is 3.26. The van der Waals surface area contributed by atoms with Gasteiger partial charge in [0.25, 0.3) is 6.43 Å². The van der Waals surface area contributed by atoms with E-state index in [-0.39, 0.29) is 0 Å². The van der Waals surface area contributed by atoms with Crippen LogP contribution in [0, 0.1) is 6.92 Å². The molecule has 0 aromatic carbocycles. The maximum atomic E-state index is 13.0. The molecule has 0 amide bonds. The fraction of sp³-hybridized carbons (Fsp3) is 0.400. The van der Waals surface area contributed by atoms with Crippen LogP contribution in [0.1, 0.15) is 18.7 Å². The minimum Gasteiger partial charge on any atom is -0.350 e. The highest BCUT2D eigenvalue weighted by molar-refractivity contribution is 5.85. The van der Waals surface area contributed by atoms with Gasteiger partial charge in [-0.15, -0.1) is 5.10 Å². The van der Waals surface area contributed by atoms with Crippen molar-refractivity contribution in [3.63, 3.8) is 0 Å². The van der Waals surface area contributed by atoms with Crippen molar-refractivity contribution in [2.75, 3.05) is 12.4 Å². The lowest BCUT2D eigenvalue weighted by atomic mass is 9.87. The Morgan fingerprint density at radius 3 is 2.77 bits per heavy atom. The second-order valence-electron chi connectivity index (χ2n) is 7.67. The molecule has 1 saturated carbocycles. The van der Waals surface area contributed by atoms with Crippen molar-refractivity contribution in [2.45, 2.75) is 44.8 Å². The summed E-state index contributed by atoms with van der Waals surface area (Å²) in [5.41, 5.74) is 3.56. The Labute approximate surface area is 171 Å². The van der Waals surface area contributed by atoms with E-state index in [0.717, 1.165) is 29.5 Å². The highest BCUT2D eigenvalue weighted by atomic mass is 19.3. The van der Waals surface area contributed by atoms with Crippen LogP contribution >= 0.6 is 0 Å². The number of pyridine rings is 1. The van der Waals surface area contributed by atoms with Gasteiger partial charge in [0, 0.05) is 35.6 Å². The lowest BCUT2D eigenvalue weighted by Gasteiger charge is -2.35. The molecule has 0 bridgehead atoms. The molecule has 1 fully saturated rings. The van der Waals surface area contributed by atoms with Crippen LogP contribution in [0.4, 0.5) is 14.7 Å². The van der Waals surface area contributed by atoms with Crippen LogP contribution in [0.15, 0.2) is 30.7 Å². The van der Waals surface area contributed by atoms with E-state index in [1.165, 1.54) is 4.57 Å². The van der Waals surface area contributed by atoms with Crippen molar-refractivity contribution >= 4 is 22.6 Å². The van der Waals surface area contributed by atoms with Crippen molar-refractivity contribution in [2.24, 2.45) is 0 Å². The quantitative estimate of drug-likeness (QED) is 0.507. The van der Waals surface area contributed by atoms with Crippen LogP contribution in [-0.4, -0.2) is 54.7 Å². The van der Waals surface area contributed by atoms with E-state index < -0.39 is 13.0 Å². The van der Waals surface area contributed by atoms with Gasteiger partial charge < -0.3 is 15.2 Å². The maximum Gasteiger partial charge on any atom is 0.256 e. The summed E-state index contributed by atoms with van der Waals surface area (Å²) in [6, 6.07) is 4.70. The predicted molar refractivity (Wildman–Crippen MR) is 110 cm³/mol. The van der Waals surface area contributed by atoms with Crippen molar-refractivity contribution in [3.8, 4) is 11.1 Å². The first-order valence-corrected chi connectivity index (χ1v) is 9.91. The van der Waals surface area contributed by atoms with Gasteiger partial charge >= 0.3 is 0 Å². The Morgan fingerprint density at radius 2 is 2.00 bits per heavy atom. The first-order valence-electron chi connectivity index (χ1n) is 9.91. The Bertz CT molecular complexity index is 1210. The summed E-state index contributed by atoms with van der Waals surface area (Å²) < 4.78 is 29.3. The zero-order chi connectivity index (χ0) is 20.8. The third-order valence-corrected chi connectivity index (χ3v) is 5.72. The topological polar surface area (TPSA) is 85.0 Å². The third-order valence-electron chi connectivity index (χ3n) is 5.72. The number of halogens is 2. The lowest BCUT2D eigenvalue weighted by molar-refractivity contribution is 0.127. The number of hydrogen-bond acceptors (Lipinski definition) is 6. The van der Waals surface area contributed by atoms with Gasteiger partial charge in [0.05, 0.1) is 23.8 Å². The van der Waals surface area contributed by atoms with E-state index in [1.54, 1.807) is 23.8 Å². The van der Waals surface area contributed by atoms with Crippen LogP contribution in [-0.2, 0) is 6.54 Å². The fourth-order valence-corrected chi connectivity index (χ4v) is 4.00. The summed E-state index contributed by atoms with van der Waals surface area (Å²) in [6.45, 7) is 1.30. The SMILES string of the molecule is CN[C@H]1C[C@@H](Nc2ncc3c(-c4cnc5nc(C)n(CC(F)F)c5c4)ccn3n2)C1. The lowest BCUT2D eigenvalue weighted by Crippen LogP contribution is -2.46. The van der Waals surface area contributed by atoms with Gasteiger partial charge in [0.2, 0.25) is 5.95 Å². The largest absolute Gasteiger partial charge is 0.350 e. The molecule has 1 aliphatic carbocycles. The Morgan fingerprint density at radius 1 is 1.17 bits per heavy atom. The molecule has 0 unspecified atom stereocenters. The first kappa shape index (κ1) is 18.9. The summed E-state index contributed by atoms with van der Waals surface area (Å²) in [6.07, 6.45) is 4.97. The highest BCUT2D eigenvalue weighted by Gasteiger charge is 2.28. The molecule has 4 aromatic rings. The van der Waals surface area contributed by atoms with Crippen LogP contribution in [0.3, 0.4) is 0 Å². The molecule has 0 atom stereocenters. The molecule has 10 heteroatoms. The van der Waals surface area contributed by atoms with Crippen molar-refractivity contribution in [3.05, 3.63) is 36.5 Å². The zero-order valence-corrected chi connectivity index (χ0v) is 16.7. The number of rotatable bonds is 6. The van der Waals surface area contributed by atoms with Crippen LogP contribution in [0.25, 0.3) is 27.8 Å². The van der Waals surface area contributed by atoms with E-state index >= 15 is 0 Å². The molecule has 5 rings (SSSR count). The van der Waals surface area contributed by atoms with Gasteiger partial charge in [-0.2, -0.15) is 0 Å². The smallest absolute Gasteiger partial charge is 0.256 e. The Balaban J connectivity index is 1.46. The number of anilines is 1. The normalized spacial score (nSPS) is 19.0. The van der Waals surface area contributed by atoms with E-state index in [9.17, 15) is 8.78 Å². The number of hydrogen-bond donors (Lipinski definition) is 2. The number of nitrogens with one attached hydrogen (secondary N) is 2. The van der Waals surface area contributed by atoms with Gasteiger partial charge in [-0.1, -0.05) is 0 Å². The Hall–Kier alpha value is -3.14. The minimum absolute atomic E-state index is 0.375. The van der Waals surface area contributed by atoms with Gasteiger partial charge in [-0.3, -0.25) is 0 Å². The molecular weight excluding hydrogens is 390 g/mol. The number of imidazole rings is 1. The number of aromatic nitrogens is 6. The number of aryl methyl sites for hydroxylation is 1. The van der Waals surface area contributed by atoms with Gasteiger partial charge in [-0.05, 0) is 38.9 Å². The van der Waals surface area contributed by atoms with Gasteiger partial charge in [-0.25, -0.2) is 28.2 Å². The van der Waals surface area contributed by atoms with Crippen LogP contribution < -0.4 is 10.6 Å². The molecule has 4 aromatic heterocycles. The molecule has 0 saturated heterocycles. The summed E-state index contributed by atoms with van der Waals surface area (Å²) in [5, 5.41) is 11.2. The molecule has 2 N–H and O–H groups in total. The van der Waals surface area contributed by atoms with E-state index in [1.807, 2.05) is 25.4 Å². The van der Waals surface area contributed by atoms with Crippen LogP contribution in [0.2, 0.25) is 0 Å². The fourth-order valence-electron chi connectivity index (χ4n) is 4.00. The molecule has 0 radical (unpaired) electrons. The molecule has 0 aliphatic heterocycles. The monoisotopic (exact) mass is 412 g/mol. The second kappa shape index (κ2) is 7.28. The maximum absolute atomic E-state index is 13.0. The molecular formula is C20H22F2N8. The molecule has 0 spiro atoms. The van der Waals surface area contributed by atoms with Gasteiger partial charge in [0.15, 0.2) is 5.65 Å². The van der Waals surface area contributed by atoms with E-state index in [0.29, 0.717) is 35.0 Å². The second-order valence-corrected chi connectivity index (χ2v) is 7.67. The molecule has 1 aliphatic rings. The average Bonchev–Trinajstić information content (AvgIpc) is 3.24. The summed E-state index contributed by atoms with van der Waals surface area (Å²) in [5.74, 6) is 1.11. The van der Waals surface area contributed by atoms with Crippen molar-refractivity contribution < 1.29 is 8.78 Å². The zero-order valence-electron chi connectivity index (χ0n) is 16.7. The number of alkyl halides is 2. The minimum atomic E-state index is -2.46. The van der Waals surface area contributed by atoms with Gasteiger partial charge in [0.1, 0.15) is 5.82 Å². The summed E-state index contributed by atoms with van der Waals surface area (Å²) in [4.78, 5) is 13.1. The Kier molecular flexibility index (Phi) is 4.58. The number of nitrogens with zero attached hydrogens (tertiary/aromatic N) is 6. The van der Waals surface area contributed by atoms with E-state index in [2.05, 4.69) is 30.7 Å².